The van der Waals surface area contributed by atoms with Crippen LogP contribution in [-0.2, 0) is 7.05 Å². The summed E-state index contributed by atoms with van der Waals surface area (Å²) in [7, 11) is 1.79. The van der Waals surface area contributed by atoms with Crippen LogP contribution in [-0.4, -0.2) is 20.8 Å². The molecule has 1 atom stereocenters. The predicted octanol–water partition coefficient (Wildman–Crippen LogP) is 3.14. The van der Waals surface area contributed by atoms with Gasteiger partial charge in [0, 0.05) is 30.3 Å². The minimum Gasteiger partial charge on any atom is -0.423 e. The van der Waals surface area contributed by atoms with Gasteiger partial charge in [0.25, 0.3) is 0 Å². The number of benzene rings is 1. The van der Waals surface area contributed by atoms with Crippen molar-refractivity contribution in [2.45, 2.75) is 33.2 Å². The molecule has 0 spiro atoms. The van der Waals surface area contributed by atoms with Gasteiger partial charge in [-0.25, -0.2) is 14.6 Å². The number of rotatable bonds is 5. The predicted molar refractivity (Wildman–Crippen MR) is 103 cm³/mol. The molecule has 3 aromatic rings. The summed E-state index contributed by atoms with van der Waals surface area (Å²) in [6.07, 6.45) is 2.20. The largest absolute Gasteiger partial charge is 0.423 e. The van der Waals surface area contributed by atoms with Crippen LogP contribution in [0.2, 0.25) is 0 Å². The lowest BCUT2D eigenvalue weighted by Gasteiger charge is -2.20. The summed E-state index contributed by atoms with van der Waals surface area (Å²) in [6, 6.07) is 6.05. The van der Waals surface area contributed by atoms with Gasteiger partial charge in [0.2, 0.25) is 0 Å². The summed E-state index contributed by atoms with van der Waals surface area (Å²) in [4.78, 5) is 28.3. The SMILES string of the molecule is Cc1cc(=O)oc2cc(NC(=O)NC(CC(C)C)c3ncnn3C)ccc12. The normalized spacial score (nSPS) is 12.3. The van der Waals surface area contributed by atoms with Gasteiger partial charge >= 0.3 is 11.7 Å². The number of carbonyl (C=O) groups is 1. The number of hydrogen-bond donors (Lipinski definition) is 2. The van der Waals surface area contributed by atoms with E-state index in [1.54, 1.807) is 23.9 Å². The van der Waals surface area contributed by atoms with Gasteiger partial charge in [0.05, 0.1) is 6.04 Å². The van der Waals surface area contributed by atoms with Crippen molar-refractivity contribution < 1.29 is 9.21 Å². The fraction of sp³-hybridized carbons (Fsp3) is 0.368. The third kappa shape index (κ3) is 4.33. The Morgan fingerprint density at radius 2 is 2.07 bits per heavy atom. The number of amides is 2. The Balaban J connectivity index is 1.78. The Labute approximate surface area is 156 Å². The first-order valence-electron chi connectivity index (χ1n) is 8.79. The molecule has 8 nitrogen and oxygen atoms in total. The molecule has 142 valence electrons. The highest BCUT2D eigenvalue weighted by Crippen LogP contribution is 2.22. The highest BCUT2D eigenvalue weighted by Gasteiger charge is 2.20. The Hall–Kier alpha value is -3.16. The summed E-state index contributed by atoms with van der Waals surface area (Å²) >= 11 is 0. The van der Waals surface area contributed by atoms with Gasteiger partial charge in [-0.2, -0.15) is 5.10 Å². The van der Waals surface area contributed by atoms with Crippen LogP contribution in [0.3, 0.4) is 0 Å². The quantitative estimate of drug-likeness (QED) is 0.673. The minimum absolute atomic E-state index is 0.266. The van der Waals surface area contributed by atoms with Crippen molar-refractivity contribution in [1.82, 2.24) is 20.1 Å². The molecule has 1 aromatic carbocycles. The number of aromatic nitrogens is 3. The van der Waals surface area contributed by atoms with Crippen LogP contribution < -0.4 is 16.3 Å². The van der Waals surface area contributed by atoms with Gasteiger partial charge in [-0.3, -0.25) is 4.68 Å². The maximum Gasteiger partial charge on any atom is 0.336 e. The number of carbonyl (C=O) groups excluding carboxylic acids is 1. The smallest absolute Gasteiger partial charge is 0.336 e. The maximum absolute atomic E-state index is 12.5. The average Bonchev–Trinajstić information content (AvgIpc) is 2.99. The van der Waals surface area contributed by atoms with Gasteiger partial charge in [0.1, 0.15) is 17.7 Å². The van der Waals surface area contributed by atoms with Crippen LogP contribution in [0, 0.1) is 12.8 Å². The molecule has 0 aliphatic carbocycles. The minimum atomic E-state index is -0.416. The molecular weight excluding hydrogens is 346 g/mol. The Morgan fingerprint density at radius 1 is 1.30 bits per heavy atom. The van der Waals surface area contributed by atoms with Crippen molar-refractivity contribution in [2.24, 2.45) is 13.0 Å². The zero-order valence-corrected chi connectivity index (χ0v) is 15.8. The van der Waals surface area contributed by atoms with Crippen LogP contribution in [0.1, 0.15) is 37.7 Å². The second-order valence-electron chi connectivity index (χ2n) is 6.98. The maximum atomic E-state index is 12.5. The Kier molecular flexibility index (Phi) is 5.25. The summed E-state index contributed by atoms with van der Waals surface area (Å²) in [5.41, 5.74) is 1.39. The number of hydrogen-bond acceptors (Lipinski definition) is 5. The van der Waals surface area contributed by atoms with Crippen molar-refractivity contribution in [3.63, 3.8) is 0 Å². The number of aryl methyl sites for hydroxylation is 2. The van der Waals surface area contributed by atoms with E-state index in [1.165, 1.54) is 12.4 Å². The fourth-order valence-electron chi connectivity index (χ4n) is 3.05. The molecule has 2 N–H and O–H groups in total. The van der Waals surface area contributed by atoms with Crippen LogP contribution in [0.5, 0.6) is 0 Å². The third-order valence-corrected chi connectivity index (χ3v) is 4.28. The number of urea groups is 1. The van der Waals surface area contributed by atoms with Gasteiger partial charge in [0.15, 0.2) is 0 Å². The molecule has 2 aromatic heterocycles. The zero-order valence-electron chi connectivity index (χ0n) is 15.8. The first-order valence-corrected chi connectivity index (χ1v) is 8.79. The molecule has 3 rings (SSSR count). The highest BCUT2D eigenvalue weighted by atomic mass is 16.4. The standard InChI is InChI=1S/C19H23N5O3/c1-11(2)7-15(18-20-10-21-24(18)4)23-19(26)22-13-5-6-14-12(3)8-17(25)27-16(14)9-13/h5-6,8-11,15H,7H2,1-4H3,(H2,22,23,26). The first-order chi connectivity index (χ1) is 12.8. The lowest BCUT2D eigenvalue weighted by molar-refractivity contribution is 0.245. The molecule has 0 saturated carbocycles. The molecule has 0 aliphatic rings. The third-order valence-electron chi connectivity index (χ3n) is 4.28. The number of anilines is 1. The van der Waals surface area contributed by atoms with Gasteiger partial charge in [-0.15, -0.1) is 0 Å². The number of fused-ring (bicyclic) bond motifs is 1. The molecule has 2 heterocycles. The molecule has 8 heteroatoms. The lowest BCUT2D eigenvalue weighted by Crippen LogP contribution is -2.34. The number of nitrogens with one attached hydrogen (secondary N) is 2. The van der Waals surface area contributed by atoms with Gasteiger partial charge in [-0.05, 0) is 37.0 Å². The van der Waals surface area contributed by atoms with E-state index >= 15 is 0 Å². The van der Waals surface area contributed by atoms with Crippen LogP contribution in [0.4, 0.5) is 10.5 Å². The second-order valence-corrected chi connectivity index (χ2v) is 6.98. The summed E-state index contributed by atoms with van der Waals surface area (Å²) in [5, 5.41) is 10.6. The van der Waals surface area contributed by atoms with E-state index in [0.29, 0.717) is 23.0 Å². The lowest BCUT2D eigenvalue weighted by atomic mass is 10.0. The topological polar surface area (TPSA) is 102 Å². The van der Waals surface area contributed by atoms with Crippen LogP contribution in [0.15, 0.2) is 39.8 Å². The molecule has 0 fully saturated rings. The molecule has 0 bridgehead atoms. The van der Waals surface area contributed by atoms with E-state index in [0.717, 1.165) is 17.4 Å². The van der Waals surface area contributed by atoms with Gasteiger partial charge < -0.3 is 15.1 Å². The van der Waals surface area contributed by atoms with Crippen molar-refractivity contribution in [1.29, 1.82) is 0 Å². The molecule has 2 amide bonds. The molecule has 1 unspecified atom stereocenters. The molecule has 27 heavy (non-hydrogen) atoms. The molecule has 0 radical (unpaired) electrons. The van der Waals surface area contributed by atoms with Gasteiger partial charge in [-0.1, -0.05) is 13.8 Å². The Bertz CT molecular complexity index is 1020. The molecular formula is C19H23N5O3. The Morgan fingerprint density at radius 3 is 2.74 bits per heavy atom. The van der Waals surface area contributed by atoms with Crippen molar-refractivity contribution in [3.8, 4) is 0 Å². The highest BCUT2D eigenvalue weighted by molar-refractivity contribution is 5.92. The van der Waals surface area contributed by atoms with E-state index in [4.69, 9.17) is 4.42 Å². The molecule has 0 saturated heterocycles. The second kappa shape index (κ2) is 7.61. The van der Waals surface area contributed by atoms with Crippen molar-refractivity contribution in [2.75, 3.05) is 5.32 Å². The summed E-state index contributed by atoms with van der Waals surface area (Å²) in [5.74, 6) is 1.06. The monoisotopic (exact) mass is 369 g/mol. The van der Waals surface area contributed by atoms with Crippen molar-refractivity contribution >= 4 is 22.7 Å². The van der Waals surface area contributed by atoms with E-state index in [2.05, 4.69) is 34.6 Å². The first kappa shape index (κ1) is 18.6. The van der Waals surface area contributed by atoms with E-state index < -0.39 is 5.63 Å². The van der Waals surface area contributed by atoms with E-state index in [9.17, 15) is 9.59 Å². The average molecular weight is 369 g/mol. The number of nitrogens with zero attached hydrogens (tertiary/aromatic N) is 3. The van der Waals surface area contributed by atoms with Crippen LogP contribution >= 0.6 is 0 Å². The van der Waals surface area contributed by atoms with Crippen LogP contribution in [0.25, 0.3) is 11.0 Å². The summed E-state index contributed by atoms with van der Waals surface area (Å²) < 4.78 is 6.88. The van der Waals surface area contributed by atoms with E-state index in [1.807, 2.05) is 13.0 Å². The van der Waals surface area contributed by atoms with Crippen molar-refractivity contribution in [3.05, 3.63) is 52.4 Å². The summed E-state index contributed by atoms with van der Waals surface area (Å²) in [6.45, 7) is 6.00. The van der Waals surface area contributed by atoms with E-state index in [-0.39, 0.29) is 12.1 Å². The zero-order chi connectivity index (χ0) is 19.6. The fourth-order valence-corrected chi connectivity index (χ4v) is 3.05. The molecule has 0 aliphatic heterocycles.